The number of H-pyrrole nitrogens is 1. The van der Waals surface area contributed by atoms with Gasteiger partial charge in [-0.3, -0.25) is 19.2 Å². The standard InChI is InChI=1S/C45H59F4N9O4/c1-6-35(54-42(59)24(2)50-4)44(61)56-21-29(48)16-31(56)20-34-33-14-12-27(46)18-36(33)52-40(34)41-53-37-19-28(47)13-15-38(37)58(41)23-32-17-30(49)22-57(32)45(62)39(26-10-8-7-9-11-26)55-43(60)25(3)51-5/h12-15,18-19,24-26,29-32,35,39,50-52H,6-11,16-17,20-23H2,1-5H3,(H,54,59)(H,55,60)/t24-,25-,29-,30-,31-,32-,35-,39?/m0/s1. The lowest BCUT2D eigenvalue weighted by atomic mass is 9.83. The number of aromatic nitrogens is 3. The molecule has 0 bridgehead atoms. The number of hydrogen-bond donors (Lipinski definition) is 5. The van der Waals surface area contributed by atoms with Gasteiger partial charge in [0.25, 0.3) is 0 Å². The maximum absolute atomic E-state index is 15.7. The summed E-state index contributed by atoms with van der Waals surface area (Å²) in [5.74, 6) is -2.31. The van der Waals surface area contributed by atoms with Crippen LogP contribution in [0.25, 0.3) is 33.5 Å². The molecule has 3 aliphatic rings. The predicted octanol–water partition coefficient (Wildman–Crippen LogP) is 5.06. The van der Waals surface area contributed by atoms with E-state index in [1.165, 1.54) is 34.1 Å². The summed E-state index contributed by atoms with van der Waals surface area (Å²) < 4.78 is 62.6. The number of likely N-dealkylation sites (tertiary alicyclic amines) is 2. The van der Waals surface area contributed by atoms with Crippen molar-refractivity contribution in [1.29, 1.82) is 0 Å². The van der Waals surface area contributed by atoms with Crippen LogP contribution in [0.2, 0.25) is 0 Å². The molecule has 2 saturated heterocycles. The number of benzene rings is 2. The van der Waals surface area contributed by atoms with Crippen LogP contribution in [0.1, 0.15) is 77.7 Å². The molecule has 13 nitrogen and oxygen atoms in total. The Morgan fingerprint density at radius 2 is 1.44 bits per heavy atom. The molecular weight excluding hydrogens is 807 g/mol. The van der Waals surface area contributed by atoms with Gasteiger partial charge in [0.15, 0.2) is 5.82 Å². The molecule has 2 aromatic carbocycles. The van der Waals surface area contributed by atoms with Crippen LogP contribution in [-0.4, -0.2) is 124 Å². The zero-order valence-electron chi connectivity index (χ0n) is 36.1. The van der Waals surface area contributed by atoms with Gasteiger partial charge < -0.3 is 40.6 Å². The Morgan fingerprint density at radius 3 is 2.10 bits per heavy atom. The summed E-state index contributed by atoms with van der Waals surface area (Å²) in [4.78, 5) is 66.0. The molecule has 17 heteroatoms. The van der Waals surface area contributed by atoms with Crippen molar-refractivity contribution in [3.8, 4) is 11.5 Å². The van der Waals surface area contributed by atoms with E-state index in [2.05, 4.69) is 26.3 Å². The molecule has 0 radical (unpaired) electrons. The Hall–Kier alpha value is -5.03. The van der Waals surface area contributed by atoms with E-state index in [4.69, 9.17) is 4.98 Å². The molecule has 4 aromatic rings. The van der Waals surface area contributed by atoms with Crippen molar-refractivity contribution in [3.05, 3.63) is 53.6 Å². The minimum absolute atomic E-state index is 0.00827. The van der Waals surface area contributed by atoms with Crippen molar-refractivity contribution in [3.63, 3.8) is 0 Å². The molecule has 0 spiro atoms. The maximum atomic E-state index is 15.7. The number of likely N-dealkylation sites (N-methyl/N-ethyl adjacent to an activating group) is 2. The van der Waals surface area contributed by atoms with Gasteiger partial charge in [-0.05, 0) is 95.4 Å². The summed E-state index contributed by atoms with van der Waals surface area (Å²) >= 11 is 0. The van der Waals surface area contributed by atoms with Gasteiger partial charge in [0.05, 0.1) is 47.9 Å². The van der Waals surface area contributed by atoms with Crippen LogP contribution in [0.15, 0.2) is 36.4 Å². The van der Waals surface area contributed by atoms with Gasteiger partial charge in [0, 0.05) is 42.4 Å². The number of halogens is 4. The Morgan fingerprint density at radius 1 is 0.823 bits per heavy atom. The van der Waals surface area contributed by atoms with Crippen LogP contribution >= 0.6 is 0 Å². The first-order valence-corrected chi connectivity index (χ1v) is 22.0. The molecule has 2 aliphatic heterocycles. The smallest absolute Gasteiger partial charge is 0.245 e. The third kappa shape index (κ3) is 9.33. The van der Waals surface area contributed by atoms with E-state index in [-0.39, 0.29) is 74.5 Å². The summed E-state index contributed by atoms with van der Waals surface area (Å²) in [5.41, 5.74) is 2.23. The molecule has 7 rings (SSSR count). The van der Waals surface area contributed by atoms with Crippen LogP contribution < -0.4 is 21.3 Å². The topological polar surface area (TPSA) is 156 Å². The van der Waals surface area contributed by atoms with Gasteiger partial charge in [-0.1, -0.05) is 26.2 Å². The minimum atomic E-state index is -1.34. The average molecular weight is 866 g/mol. The summed E-state index contributed by atoms with van der Waals surface area (Å²) in [6.07, 6.45) is 2.13. The van der Waals surface area contributed by atoms with Crippen molar-refractivity contribution in [1.82, 2.24) is 45.6 Å². The fourth-order valence-corrected chi connectivity index (χ4v) is 9.58. The largest absolute Gasteiger partial charge is 0.352 e. The van der Waals surface area contributed by atoms with E-state index in [1.54, 1.807) is 51.6 Å². The Balaban J connectivity index is 1.27. The number of fused-ring (bicyclic) bond motifs is 2. The second kappa shape index (κ2) is 19.2. The summed E-state index contributed by atoms with van der Waals surface area (Å²) in [7, 11) is 3.30. The summed E-state index contributed by atoms with van der Waals surface area (Å²) in [5, 5.41) is 12.2. The van der Waals surface area contributed by atoms with Gasteiger partial charge in [-0.2, -0.15) is 0 Å². The summed E-state index contributed by atoms with van der Waals surface area (Å²) in [6, 6.07) is 4.20. The fraction of sp³-hybridized carbons (Fsp3) is 0.578. The highest BCUT2D eigenvalue weighted by Crippen LogP contribution is 2.38. The van der Waals surface area contributed by atoms with Crippen LogP contribution in [-0.2, 0) is 32.1 Å². The highest BCUT2D eigenvalue weighted by atomic mass is 19.1. The lowest BCUT2D eigenvalue weighted by Crippen LogP contribution is -2.57. The summed E-state index contributed by atoms with van der Waals surface area (Å²) in [6.45, 7) is 4.86. The van der Waals surface area contributed by atoms with E-state index in [0.717, 1.165) is 32.1 Å². The van der Waals surface area contributed by atoms with E-state index in [0.29, 0.717) is 33.5 Å². The Labute approximate surface area is 359 Å². The zero-order valence-corrected chi connectivity index (χ0v) is 36.1. The van der Waals surface area contributed by atoms with Crippen LogP contribution in [0.5, 0.6) is 0 Å². The van der Waals surface area contributed by atoms with Crippen molar-refractivity contribution in [2.24, 2.45) is 5.92 Å². The van der Waals surface area contributed by atoms with Crippen molar-refractivity contribution < 1.29 is 36.7 Å². The van der Waals surface area contributed by atoms with Gasteiger partial charge >= 0.3 is 0 Å². The van der Waals surface area contributed by atoms with Crippen molar-refractivity contribution >= 4 is 45.6 Å². The maximum Gasteiger partial charge on any atom is 0.245 e. The minimum Gasteiger partial charge on any atom is -0.352 e. The molecule has 1 unspecified atom stereocenters. The first kappa shape index (κ1) is 45.0. The van der Waals surface area contributed by atoms with E-state index >= 15 is 8.78 Å². The SMILES string of the molecule is CC[C@H](NC(=O)[C@H](C)NC)C(=O)N1C[C@@H](F)C[C@H]1Cc1c(-c2nc3cc(F)ccc3n2C[C@@H]2C[C@H](F)CN2C(=O)C(NC(=O)[C@H](C)NC)C2CCCCC2)[nH]c2cc(F)ccc12. The van der Waals surface area contributed by atoms with Crippen LogP contribution in [0.4, 0.5) is 17.6 Å². The van der Waals surface area contributed by atoms with Crippen LogP contribution in [0, 0.1) is 17.6 Å². The number of amides is 4. The molecular formula is C45H59F4N9O4. The number of carbonyl (C=O) groups is 4. The normalized spacial score (nSPS) is 22.9. The number of rotatable bonds is 15. The number of alkyl halides is 2. The lowest BCUT2D eigenvalue weighted by molar-refractivity contribution is -0.139. The van der Waals surface area contributed by atoms with Gasteiger partial charge in [0.2, 0.25) is 23.6 Å². The highest BCUT2D eigenvalue weighted by molar-refractivity contribution is 5.93. The number of carbonyl (C=O) groups excluding carboxylic acids is 4. The van der Waals surface area contributed by atoms with E-state index in [9.17, 15) is 28.0 Å². The molecule has 4 heterocycles. The molecule has 1 saturated carbocycles. The number of imidazole rings is 1. The molecule has 3 fully saturated rings. The van der Waals surface area contributed by atoms with Gasteiger partial charge in [-0.25, -0.2) is 22.5 Å². The first-order chi connectivity index (χ1) is 29.7. The molecule has 2 aromatic heterocycles. The lowest BCUT2D eigenvalue weighted by Gasteiger charge is -2.35. The average Bonchev–Trinajstić information content (AvgIpc) is 4.03. The highest BCUT2D eigenvalue weighted by Gasteiger charge is 2.43. The monoisotopic (exact) mass is 865 g/mol. The van der Waals surface area contributed by atoms with E-state index < -0.39 is 66.1 Å². The third-order valence-electron chi connectivity index (χ3n) is 13.3. The number of nitrogens with one attached hydrogen (secondary N) is 5. The molecule has 336 valence electrons. The Bertz CT molecular complexity index is 2280. The van der Waals surface area contributed by atoms with Crippen LogP contribution in [0.3, 0.4) is 0 Å². The third-order valence-corrected chi connectivity index (χ3v) is 13.3. The first-order valence-electron chi connectivity index (χ1n) is 22.0. The van der Waals surface area contributed by atoms with Gasteiger partial charge in [-0.15, -0.1) is 0 Å². The van der Waals surface area contributed by atoms with E-state index in [1.807, 2.05) is 0 Å². The van der Waals surface area contributed by atoms with Crippen molar-refractivity contribution in [2.75, 3.05) is 27.2 Å². The number of hydrogen-bond acceptors (Lipinski definition) is 7. The number of nitrogens with zero attached hydrogens (tertiary/aromatic N) is 4. The quantitative estimate of drug-likeness (QED) is 0.105. The van der Waals surface area contributed by atoms with Gasteiger partial charge in [0.1, 0.15) is 36.1 Å². The molecule has 1 aliphatic carbocycles. The molecule has 5 N–H and O–H groups in total. The molecule has 4 amide bonds. The molecule has 8 atom stereocenters. The zero-order chi connectivity index (χ0) is 44.4. The predicted molar refractivity (Wildman–Crippen MR) is 228 cm³/mol. The molecule has 62 heavy (non-hydrogen) atoms. The fourth-order valence-electron chi connectivity index (χ4n) is 9.58. The number of aromatic amines is 1. The second-order valence-electron chi connectivity index (χ2n) is 17.4. The Kier molecular flexibility index (Phi) is 13.9. The second-order valence-corrected chi connectivity index (χ2v) is 17.4. The van der Waals surface area contributed by atoms with Crippen molar-refractivity contribution in [2.45, 2.75) is 134 Å².